The molecule has 3 heterocycles. The summed E-state index contributed by atoms with van der Waals surface area (Å²) >= 11 is 0. The Bertz CT molecular complexity index is 1380. The first-order valence-electron chi connectivity index (χ1n) is 14.4. The number of piperidine rings is 2. The maximum Gasteiger partial charge on any atom is 0.421 e. The second-order valence-electron chi connectivity index (χ2n) is 12.8. The lowest BCUT2D eigenvalue weighted by Gasteiger charge is -2.52. The van der Waals surface area contributed by atoms with Crippen LogP contribution >= 0.6 is 0 Å². The normalized spacial score (nSPS) is 24.1. The maximum absolute atomic E-state index is 13.8. The van der Waals surface area contributed by atoms with Crippen molar-refractivity contribution in [3.63, 3.8) is 0 Å². The van der Waals surface area contributed by atoms with Crippen LogP contribution in [0.5, 0.6) is 0 Å². The zero-order valence-corrected chi connectivity index (χ0v) is 24.9. The minimum absolute atomic E-state index is 0.0244. The van der Waals surface area contributed by atoms with Crippen LogP contribution in [0.1, 0.15) is 70.4 Å². The highest BCUT2D eigenvalue weighted by Gasteiger charge is 2.51. The highest BCUT2D eigenvalue weighted by atomic mass is 32.2. The molecule has 3 fully saturated rings. The summed E-state index contributed by atoms with van der Waals surface area (Å²) in [5.74, 6) is -0.324. The van der Waals surface area contributed by atoms with E-state index in [-0.39, 0.29) is 28.6 Å². The van der Waals surface area contributed by atoms with Gasteiger partial charge >= 0.3 is 6.18 Å². The number of aliphatic hydroxyl groups is 1. The van der Waals surface area contributed by atoms with Gasteiger partial charge in [0, 0.05) is 31.0 Å². The van der Waals surface area contributed by atoms with Gasteiger partial charge in [-0.05, 0) is 108 Å². The molecule has 5 rings (SSSR count). The van der Waals surface area contributed by atoms with Crippen molar-refractivity contribution >= 4 is 27.3 Å². The number of halogens is 3. The molecule has 0 radical (unpaired) electrons. The van der Waals surface area contributed by atoms with Gasteiger partial charge in [0.15, 0.2) is 9.84 Å². The minimum Gasteiger partial charge on any atom is -0.388 e. The summed E-state index contributed by atoms with van der Waals surface area (Å²) in [7, 11) is -3.50. The smallest absolute Gasteiger partial charge is 0.388 e. The zero-order chi connectivity index (χ0) is 29.8. The summed E-state index contributed by atoms with van der Waals surface area (Å²) in [6, 6.07) is 5.27. The maximum atomic E-state index is 13.8. The third kappa shape index (κ3) is 6.19. The van der Waals surface area contributed by atoms with E-state index >= 15 is 0 Å². The lowest BCUT2D eigenvalue weighted by Crippen LogP contribution is -2.52. The van der Waals surface area contributed by atoms with Crippen molar-refractivity contribution in [2.24, 2.45) is 5.41 Å². The van der Waals surface area contributed by atoms with Gasteiger partial charge < -0.3 is 20.2 Å². The van der Waals surface area contributed by atoms with Crippen molar-refractivity contribution in [3.8, 4) is 0 Å². The number of likely N-dealkylation sites (tertiary alicyclic amines) is 1. The second kappa shape index (κ2) is 10.7. The first kappa shape index (κ1) is 30.0. The summed E-state index contributed by atoms with van der Waals surface area (Å²) in [5, 5.41) is 13.0. The molecular weight excluding hydrogens is 555 g/mol. The van der Waals surface area contributed by atoms with Crippen LogP contribution in [-0.2, 0) is 16.0 Å². The van der Waals surface area contributed by atoms with E-state index in [2.05, 4.69) is 34.0 Å². The van der Waals surface area contributed by atoms with E-state index < -0.39 is 32.4 Å². The molecule has 8 nitrogen and oxygen atoms in total. The van der Waals surface area contributed by atoms with Crippen LogP contribution < -0.4 is 10.2 Å². The summed E-state index contributed by atoms with van der Waals surface area (Å²) in [6.07, 6.45) is 0.553. The number of nitrogens with zero attached hydrogens (tertiary/aromatic N) is 4. The van der Waals surface area contributed by atoms with E-state index in [9.17, 15) is 26.7 Å². The number of hydrogen-bond acceptors (Lipinski definition) is 8. The number of hydrogen-bond donors (Lipinski definition) is 2. The lowest BCUT2D eigenvalue weighted by atomic mass is 9.63. The first-order valence-corrected chi connectivity index (χ1v) is 15.9. The standard InChI is InChI=1S/C29H40F3N5O3S/c1-19(2)36-12-9-28(10-13-36)15-22(16-28)41(39,40)21-6-7-24(20(3)14-21)34-26-33-17-23(29(30,31)32)25(35-26)37-11-5-8-27(4,38)18-37/h6-7,14,17,19,22,38H,5,8-13,15-16,18H2,1-4H3,(H,33,34,35)/t27-/m0/s1. The molecule has 1 atom stereocenters. The van der Waals surface area contributed by atoms with Gasteiger partial charge in [0.25, 0.3) is 0 Å². The lowest BCUT2D eigenvalue weighted by molar-refractivity contribution is -0.137. The molecule has 0 amide bonds. The number of benzene rings is 1. The molecule has 1 aromatic carbocycles. The zero-order valence-electron chi connectivity index (χ0n) is 24.1. The van der Waals surface area contributed by atoms with E-state index in [1.807, 2.05) is 0 Å². The molecule has 41 heavy (non-hydrogen) atoms. The number of aryl methyl sites for hydroxylation is 1. The molecule has 0 unspecified atom stereocenters. The molecule has 1 saturated carbocycles. The van der Waals surface area contributed by atoms with E-state index in [0.717, 1.165) is 32.1 Å². The van der Waals surface area contributed by atoms with Gasteiger partial charge in [0.05, 0.1) is 15.7 Å². The van der Waals surface area contributed by atoms with Crippen molar-refractivity contribution in [2.75, 3.05) is 36.4 Å². The molecule has 226 valence electrons. The van der Waals surface area contributed by atoms with Crippen molar-refractivity contribution in [2.45, 2.75) is 94.2 Å². The molecule has 1 spiro atoms. The fraction of sp³-hybridized carbons (Fsp3) is 0.655. The number of β-amino-alcohol motifs (C(OH)–C–C–N with tert-alkyl or cyclic N) is 1. The Balaban J connectivity index is 1.31. The Morgan fingerprint density at radius 2 is 1.80 bits per heavy atom. The van der Waals surface area contributed by atoms with E-state index in [0.29, 0.717) is 49.5 Å². The molecular formula is C29H40F3N5O3S. The summed E-state index contributed by atoms with van der Waals surface area (Å²) in [4.78, 5) is 12.3. The SMILES string of the molecule is Cc1cc(S(=O)(=O)C2CC3(CCN(C(C)C)CC3)C2)ccc1Nc1ncc(C(F)(F)F)c(N2CCC[C@](C)(O)C2)n1. The Labute approximate surface area is 240 Å². The highest BCUT2D eigenvalue weighted by Crippen LogP contribution is 2.53. The summed E-state index contributed by atoms with van der Waals surface area (Å²) < 4.78 is 68.3. The average Bonchev–Trinajstić information content (AvgIpc) is 2.87. The quantitative estimate of drug-likeness (QED) is 0.463. The van der Waals surface area contributed by atoms with Crippen molar-refractivity contribution in [3.05, 3.63) is 35.5 Å². The van der Waals surface area contributed by atoms with Crippen LogP contribution in [-0.4, -0.2) is 71.5 Å². The predicted molar refractivity (Wildman–Crippen MR) is 152 cm³/mol. The third-order valence-electron chi connectivity index (χ3n) is 9.17. The van der Waals surface area contributed by atoms with Gasteiger partial charge in [-0.15, -0.1) is 0 Å². The molecule has 12 heteroatoms. The largest absolute Gasteiger partial charge is 0.421 e. The van der Waals surface area contributed by atoms with Gasteiger partial charge in [0.2, 0.25) is 5.95 Å². The summed E-state index contributed by atoms with van der Waals surface area (Å²) in [6.45, 7) is 10.1. The molecule has 1 aromatic heterocycles. The Hall–Kier alpha value is -2.44. The Morgan fingerprint density at radius 1 is 1.12 bits per heavy atom. The van der Waals surface area contributed by atoms with Crippen LogP contribution in [0.25, 0.3) is 0 Å². The molecule has 1 aliphatic carbocycles. The first-order chi connectivity index (χ1) is 19.1. The monoisotopic (exact) mass is 595 g/mol. The molecule has 0 bridgehead atoms. The second-order valence-corrected chi connectivity index (χ2v) is 15.0. The number of sulfone groups is 1. The fourth-order valence-electron chi connectivity index (χ4n) is 6.59. The number of rotatable bonds is 6. The molecule has 3 aliphatic rings. The predicted octanol–water partition coefficient (Wildman–Crippen LogP) is 5.33. The van der Waals surface area contributed by atoms with Crippen LogP contribution in [0.4, 0.5) is 30.6 Å². The van der Waals surface area contributed by atoms with E-state index in [1.54, 1.807) is 32.0 Å². The summed E-state index contributed by atoms with van der Waals surface area (Å²) in [5.41, 5.74) is -0.836. The molecule has 2 aromatic rings. The molecule has 2 aliphatic heterocycles. The minimum atomic E-state index is -4.66. The average molecular weight is 596 g/mol. The van der Waals surface area contributed by atoms with Gasteiger partial charge in [-0.3, -0.25) is 0 Å². The third-order valence-corrected chi connectivity index (χ3v) is 11.3. The molecule has 2 saturated heterocycles. The van der Waals surface area contributed by atoms with Crippen LogP contribution in [0.3, 0.4) is 0 Å². The van der Waals surface area contributed by atoms with Gasteiger partial charge in [0.1, 0.15) is 11.4 Å². The number of aromatic nitrogens is 2. The van der Waals surface area contributed by atoms with Gasteiger partial charge in [-0.25, -0.2) is 13.4 Å². The molecule has 2 N–H and O–H groups in total. The van der Waals surface area contributed by atoms with Crippen molar-refractivity contribution in [1.82, 2.24) is 14.9 Å². The number of nitrogens with one attached hydrogen (secondary N) is 1. The van der Waals surface area contributed by atoms with Crippen molar-refractivity contribution < 1.29 is 26.7 Å². The van der Waals surface area contributed by atoms with E-state index in [1.165, 1.54) is 4.90 Å². The topological polar surface area (TPSA) is 98.7 Å². The van der Waals surface area contributed by atoms with Crippen molar-refractivity contribution in [1.29, 1.82) is 0 Å². The van der Waals surface area contributed by atoms with Gasteiger partial charge in [-0.1, -0.05) is 0 Å². The fourth-order valence-corrected chi connectivity index (χ4v) is 8.72. The van der Waals surface area contributed by atoms with E-state index in [4.69, 9.17) is 0 Å². The van der Waals surface area contributed by atoms with Crippen LogP contribution in [0.2, 0.25) is 0 Å². The Kier molecular flexibility index (Phi) is 7.82. The van der Waals surface area contributed by atoms with Crippen LogP contribution in [0.15, 0.2) is 29.3 Å². The number of alkyl halides is 3. The van der Waals surface area contributed by atoms with Crippen LogP contribution in [0, 0.1) is 12.3 Å². The highest BCUT2D eigenvalue weighted by molar-refractivity contribution is 7.92. The number of anilines is 3. The Morgan fingerprint density at radius 3 is 2.39 bits per heavy atom. The van der Waals surface area contributed by atoms with Gasteiger partial charge in [-0.2, -0.15) is 18.2 Å².